The topological polar surface area (TPSA) is 91.6 Å². The van der Waals surface area contributed by atoms with E-state index in [4.69, 9.17) is 4.42 Å². The van der Waals surface area contributed by atoms with Crippen LogP contribution in [0.5, 0.6) is 0 Å². The first-order valence-electron chi connectivity index (χ1n) is 9.39. The van der Waals surface area contributed by atoms with Crippen LogP contribution in [0.15, 0.2) is 40.8 Å². The van der Waals surface area contributed by atoms with Gasteiger partial charge in [-0.3, -0.25) is 9.59 Å². The number of nitrogens with one attached hydrogen (secondary N) is 2. The molecule has 0 spiro atoms. The molecule has 1 unspecified atom stereocenters. The van der Waals surface area contributed by atoms with E-state index in [9.17, 15) is 14.7 Å². The van der Waals surface area contributed by atoms with Gasteiger partial charge in [0.15, 0.2) is 5.76 Å². The van der Waals surface area contributed by atoms with E-state index in [1.807, 2.05) is 37.3 Å². The van der Waals surface area contributed by atoms with Crippen molar-refractivity contribution in [3.05, 3.63) is 59.0 Å². The number of amides is 2. The van der Waals surface area contributed by atoms with Gasteiger partial charge in [-0.15, -0.1) is 0 Å². The van der Waals surface area contributed by atoms with E-state index in [1.54, 1.807) is 0 Å². The van der Waals surface area contributed by atoms with Gasteiger partial charge in [0.1, 0.15) is 5.76 Å². The summed E-state index contributed by atoms with van der Waals surface area (Å²) in [6.45, 7) is 1.95. The van der Waals surface area contributed by atoms with Gasteiger partial charge in [0.05, 0.1) is 11.7 Å². The molecular weight excluding hydrogens is 344 g/mol. The Balaban J connectivity index is 1.87. The van der Waals surface area contributed by atoms with Crippen molar-refractivity contribution in [1.82, 2.24) is 10.6 Å². The highest BCUT2D eigenvalue weighted by molar-refractivity contribution is 5.99. The number of carbonyl (C=O) groups is 2. The molecule has 1 aromatic heterocycles. The molecule has 0 aliphatic heterocycles. The Kier molecular flexibility index (Phi) is 5.96. The molecule has 2 amide bonds. The zero-order valence-electron chi connectivity index (χ0n) is 15.7. The van der Waals surface area contributed by atoms with E-state index in [-0.39, 0.29) is 35.6 Å². The van der Waals surface area contributed by atoms with E-state index < -0.39 is 0 Å². The predicted octanol–water partition coefficient (Wildman–Crippen LogP) is 2.82. The molecule has 2 aromatic rings. The largest absolute Gasteiger partial charge is 0.454 e. The van der Waals surface area contributed by atoms with Crippen molar-refractivity contribution < 1.29 is 19.1 Å². The monoisotopic (exact) mass is 370 g/mol. The first-order valence-corrected chi connectivity index (χ1v) is 9.39. The molecule has 1 aliphatic carbocycles. The van der Waals surface area contributed by atoms with Crippen LogP contribution in [0.1, 0.15) is 70.8 Å². The summed E-state index contributed by atoms with van der Waals surface area (Å²) in [7, 11) is 1.53. The molecule has 3 rings (SSSR count). The zero-order chi connectivity index (χ0) is 19.4. The van der Waals surface area contributed by atoms with Crippen LogP contribution in [0, 0.1) is 0 Å². The van der Waals surface area contributed by atoms with Crippen molar-refractivity contribution in [2.24, 2.45) is 0 Å². The fourth-order valence-corrected chi connectivity index (χ4v) is 3.52. The number of benzene rings is 1. The second-order valence-electron chi connectivity index (χ2n) is 7.08. The van der Waals surface area contributed by atoms with E-state index in [0.717, 1.165) is 18.4 Å². The van der Waals surface area contributed by atoms with Gasteiger partial charge in [0.25, 0.3) is 11.8 Å². The quantitative estimate of drug-likeness (QED) is 0.755. The fraction of sp³-hybridized carbons (Fsp3) is 0.429. The minimum absolute atomic E-state index is 0.0270. The molecule has 144 valence electrons. The summed E-state index contributed by atoms with van der Waals surface area (Å²) in [4.78, 5) is 24.9. The Morgan fingerprint density at radius 1 is 1.11 bits per heavy atom. The highest BCUT2D eigenvalue weighted by Crippen LogP contribution is 2.30. The molecule has 0 bridgehead atoms. The molecule has 3 N–H and O–H groups in total. The van der Waals surface area contributed by atoms with E-state index >= 15 is 0 Å². The van der Waals surface area contributed by atoms with Gasteiger partial charge in [0, 0.05) is 25.1 Å². The molecule has 1 aliphatic rings. The molecule has 1 aromatic carbocycles. The summed E-state index contributed by atoms with van der Waals surface area (Å²) in [5, 5.41) is 15.2. The highest BCUT2D eigenvalue weighted by atomic mass is 16.4. The van der Waals surface area contributed by atoms with Gasteiger partial charge in [-0.25, -0.2) is 0 Å². The Morgan fingerprint density at radius 3 is 2.41 bits per heavy atom. The summed E-state index contributed by atoms with van der Waals surface area (Å²) in [6, 6.07) is 11.3. The Morgan fingerprint density at radius 2 is 1.78 bits per heavy atom. The Hall–Kier alpha value is -2.60. The van der Waals surface area contributed by atoms with Gasteiger partial charge in [-0.1, -0.05) is 37.3 Å². The molecule has 1 fully saturated rings. The number of aliphatic hydroxyl groups is 1. The number of hydrogen-bond acceptors (Lipinski definition) is 4. The van der Waals surface area contributed by atoms with Crippen LogP contribution in [0.3, 0.4) is 0 Å². The van der Waals surface area contributed by atoms with Crippen LogP contribution in [0.2, 0.25) is 0 Å². The van der Waals surface area contributed by atoms with E-state index in [2.05, 4.69) is 10.6 Å². The van der Waals surface area contributed by atoms with Gasteiger partial charge >= 0.3 is 0 Å². The minimum atomic E-state index is -0.364. The molecular formula is C21H26N2O4. The molecule has 6 nitrogen and oxygen atoms in total. The summed E-state index contributed by atoms with van der Waals surface area (Å²) >= 11 is 0. The van der Waals surface area contributed by atoms with Gasteiger partial charge in [-0.2, -0.15) is 0 Å². The average Bonchev–Trinajstić information content (AvgIpc) is 3.15. The maximum absolute atomic E-state index is 12.9. The van der Waals surface area contributed by atoms with Crippen LogP contribution in [-0.2, 0) is 0 Å². The highest BCUT2D eigenvalue weighted by Gasteiger charge is 2.28. The van der Waals surface area contributed by atoms with Crippen LogP contribution in [-0.4, -0.2) is 36.1 Å². The van der Waals surface area contributed by atoms with Crippen LogP contribution < -0.4 is 10.6 Å². The lowest BCUT2D eigenvalue weighted by Crippen LogP contribution is -2.38. The number of rotatable bonds is 5. The molecule has 27 heavy (non-hydrogen) atoms. The van der Waals surface area contributed by atoms with Crippen molar-refractivity contribution >= 4 is 11.8 Å². The number of carbonyl (C=O) groups excluding carboxylic acids is 2. The van der Waals surface area contributed by atoms with Crippen molar-refractivity contribution in [3.63, 3.8) is 0 Å². The molecule has 6 heteroatoms. The third-order valence-electron chi connectivity index (χ3n) is 5.18. The van der Waals surface area contributed by atoms with Crippen molar-refractivity contribution in [2.75, 3.05) is 7.05 Å². The van der Waals surface area contributed by atoms with E-state index in [0.29, 0.717) is 24.2 Å². The predicted molar refractivity (Wildman–Crippen MR) is 102 cm³/mol. The van der Waals surface area contributed by atoms with E-state index in [1.165, 1.54) is 13.1 Å². The standard InChI is InChI=1S/C21H26N2O4/c1-13(14-6-4-3-5-7-14)19-17(12-18(27-19)21(26)22-2)20(25)23-15-8-10-16(24)11-9-15/h3-7,12-13,15-16,24H,8-11H2,1-2H3,(H,22,26)(H,23,25)/t13?,15-,16-. The minimum Gasteiger partial charge on any atom is -0.454 e. The third-order valence-corrected chi connectivity index (χ3v) is 5.18. The second-order valence-corrected chi connectivity index (χ2v) is 7.08. The zero-order valence-corrected chi connectivity index (χ0v) is 15.7. The SMILES string of the molecule is CNC(=O)c1cc(C(=O)N[C@H]2CC[C@H](O)CC2)c(C(C)c2ccccc2)o1. The molecule has 1 saturated carbocycles. The third kappa shape index (κ3) is 4.39. The number of hydrogen-bond donors (Lipinski definition) is 3. The maximum atomic E-state index is 12.9. The Bertz CT molecular complexity index is 792. The number of aliphatic hydroxyl groups excluding tert-OH is 1. The summed E-state index contributed by atoms with van der Waals surface area (Å²) < 4.78 is 5.80. The number of furan rings is 1. The van der Waals surface area contributed by atoms with Crippen LogP contribution in [0.4, 0.5) is 0 Å². The van der Waals surface area contributed by atoms with Crippen molar-refractivity contribution in [3.8, 4) is 0 Å². The first kappa shape index (κ1) is 19.2. The van der Waals surface area contributed by atoms with Gasteiger partial charge in [-0.05, 0) is 31.2 Å². The summed E-state index contributed by atoms with van der Waals surface area (Å²) in [6.07, 6.45) is 2.59. The summed E-state index contributed by atoms with van der Waals surface area (Å²) in [5.41, 5.74) is 1.39. The van der Waals surface area contributed by atoms with Crippen LogP contribution >= 0.6 is 0 Å². The van der Waals surface area contributed by atoms with Gasteiger partial charge in [0.2, 0.25) is 0 Å². The average molecular weight is 370 g/mol. The molecule has 1 heterocycles. The molecule has 0 saturated heterocycles. The van der Waals surface area contributed by atoms with Crippen LogP contribution in [0.25, 0.3) is 0 Å². The smallest absolute Gasteiger partial charge is 0.286 e. The fourth-order valence-electron chi connectivity index (χ4n) is 3.52. The normalized spacial score (nSPS) is 20.7. The Labute approximate surface area is 159 Å². The van der Waals surface area contributed by atoms with Crippen molar-refractivity contribution in [1.29, 1.82) is 0 Å². The second kappa shape index (κ2) is 8.39. The van der Waals surface area contributed by atoms with Crippen molar-refractivity contribution in [2.45, 2.75) is 50.7 Å². The van der Waals surface area contributed by atoms with Gasteiger partial charge < -0.3 is 20.2 Å². The summed E-state index contributed by atoms with van der Waals surface area (Å²) in [5.74, 6) is -0.171. The molecule has 0 radical (unpaired) electrons. The maximum Gasteiger partial charge on any atom is 0.286 e. The lowest BCUT2D eigenvalue weighted by molar-refractivity contribution is 0.0864. The lowest BCUT2D eigenvalue weighted by Gasteiger charge is -2.26. The lowest BCUT2D eigenvalue weighted by atomic mass is 9.92. The molecule has 1 atom stereocenters. The first-order chi connectivity index (χ1) is 13.0.